The molecule has 2 fully saturated rings. The van der Waals surface area contributed by atoms with Crippen LogP contribution in [0.1, 0.15) is 26.7 Å². The van der Waals surface area contributed by atoms with Gasteiger partial charge in [-0.25, -0.2) is 0 Å². The molecule has 1 aliphatic heterocycles. The maximum atomic E-state index is 13.2. The predicted molar refractivity (Wildman–Crippen MR) is 90.7 cm³/mol. The molecule has 2 aliphatic rings. The van der Waals surface area contributed by atoms with Gasteiger partial charge in [0.1, 0.15) is 5.54 Å². The van der Waals surface area contributed by atoms with Crippen LogP contribution in [0.15, 0.2) is 0 Å². The molecule has 3 atom stereocenters. The summed E-state index contributed by atoms with van der Waals surface area (Å²) >= 11 is 0. The third kappa shape index (κ3) is 3.37. The lowest BCUT2D eigenvalue weighted by Gasteiger charge is -2.65. The number of nitrogens with zero attached hydrogens (tertiary/aromatic N) is 1. The van der Waals surface area contributed by atoms with Crippen molar-refractivity contribution in [3.63, 3.8) is 0 Å². The molecule has 0 aromatic carbocycles. The Kier molecular flexibility index (Phi) is 7.29. The molecule has 1 saturated carbocycles. The Morgan fingerprint density at radius 1 is 1.26 bits per heavy atom. The highest BCUT2D eigenvalue weighted by Gasteiger charge is 2.70. The van der Waals surface area contributed by atoms with Gasteiger partial charge in [0.2, 0.25) is 5.91 Å². The van der Waals surface area contributed by atoms with E-state index in [1.165, 1.54) is 0 Å². The van der Waals surface area contributed by atoms with Gasteiger partial charge < -0.3 is 24.8 Å². The van der Waals surface area contributed by atoms with Gasteiger partial charge in [-0.1, -0.05) is 13.8 Å². The average molecular weight is 351 g/mol. The van der Waals surface area contributed by atoms with E-state index in [2.05, 4.69) is 0 Å². The minimum atomic E-state index is -0.862. The minimum Gasteiger partial charge on any atom is -0.383 e. The largest absolute Gasteiger partial charge is 0.383 e. The van der Waals surface area contributed by atoms with Crippen molar-refractivity contribution < 1.29 is 19.0 Å². The molecule has 0 aromatic rings. The van der Waals surface area contributed by atoms with Crippen LogP contribution in [0.25, 0.3) is 0 Å². The molecule has 0 bridgehead atoms. The Morgan fingerprint density at radius 2 is 1.83 bits per heavy atom. The van der Waals surface area contributed by atoms with E-state index in [9.17, 15) is 4.79 Å². The predicted octanol–water partition coefficient (Wildman–Crippen LogP) is 1.06. The summed E-state index contributed by atoms with van der Waals surface area (Å²) in [5, 5.41) is 0. The lowest BCUT2D eigenvalue weighted by atomic mass is 9.46. The van der Waals surface area contributed by atoms with Crippen LogP contribution in [-0.4, -0.2) is 69.6 Å². The Hall–Kier alpha value is -0.400. The fourth-order valence-corrected chi connectivity index (χ4v) is 3.99. The summed E-state index contributed by atoms with van der Waals surface area (Å²) in [4.78, 5) is 14.9. The number of nitrogens with two attached hydrogens (primary N) is 1. The zero-order chi connectivity index (χ0) is 16.4. The lowest BCUT2D eigenvalue weighted by molar-refractivity contribution is -0.230. The summed E-state index contributed by atoms with van der Waals surface area (Å²) in [6.07, 6.45) is 2.01. The normalized spacial score (nSPS) is 31.5. The number of halogens is 1. The molecule has 1 aliphatic carbocycles. The quantitative estimate of drug-likeness (QED) is 0.743. The molecule has 7 heteroatoms. The molecule has 2 rings (SSSR count). The molecule has 1 amide bonds. The number of rotatable bonds is 7. The van der Waals surface area contributed by atoms with Crippen molar-refractivity contribution >= 4 is 18.3 Å². The fraction of sp³-hybridized carbons (Fsp3) is 0.938. The van der Waals surface area contributed by atoms with Crippen molar-refractivity contribution in [2.75, 3.05) is 47.1 Å². The fourth-order valence-electron chi connectivity index (χ4n) is 3.99. The number of amides is 1. The summed E-state index contributed by atoms with van der Waals surface area (Å²) in [7, 11) is 3.27. The third-order valence-electron chi connectivity index (χ3n) is 5.46. The highest BCUT2D eigenvalue weighted by molar-refractivity contribution is 5.89. The molecule has 136 valence electrons. The van der Waals surface area contributed by atoms with Crippen molar-refractivity contribution in [1.29, 1.82) is 0 Å². The highest BCUT2D eigenvalue weighted by Crippen LogP contribution is 2.57. The second-order valence-electron chi connectivity index (χ2n) is 6.91. The van der Waals surface area contributed by atoms with Crippen molar-refractivity contribution in [2.24, 2.45) is 17.1 Å². The van der Waals surface area contributed by atoms with Crippen LogP contribution in [0.2, 0.25) is 0 Å². The molecular weight excluding hydrogens is 320 g/mol. The van der Waals surface area contributed by atoms with Gasteiger partial charge in [-0.15, -0.1) is 12.4 Å². The number of carbonyl (C=O) groups is 1. The van der Waals surface area contributed by atoms with Gasteiger partial charge in [0.25, 0.3) is 0 Å². The number of hydrogen-bond acceptors (Lipinski definition) is 5. The number of carbonyl (C=O) groups excluding carboxylic acids is 1. The Balaban J connectivity index is 0.00000264. The number of ether oxygens (including phenoxy) is 3. The molecule has 23 heavy (non-hydrogen) atoms. The lowest BCUT2D eigenvalue weighted by Crippen LogP contribution is -2.82. The third-order valence-corrected chi connectivity index (χ3v) is 5.46. The first-order chi connectivity index (χ1) is 10.4. The molecule has 3 unspecified atom stereocenters. The molecule has 0 spiro atoms. The van der Waals surface area contributed by atoms with Crippen molar-refractivity contribution in [3.05, 3.63) is 0 Å². The van der Waals surface area contributed by atoms with E-state index in [0.29, 0.717) is 26.3 Å². The van der Waals surface area contributed by atoms with E-state index in [0.717, 1.165) is 19.4 Å². The van der Waals surface area contributed by atoms with Gasteiger partial charge in [0.05, 0.1) is 19.3 Å². The number of fused-ring (bicyclic) bond motifs is 1. The molecule has 0 aromatic heterocycles. The van der Waals surface area contributed by atoms with Gasteiger partial charge in [-0.3, -0.25) is 4.79 Å². The molecule has 0 radical (unpaired) electrons. The second-order valence-corrected chi connectivity index (χ2v) is 6.91. The summed E-state index contributed by atoms with van der Waals surface area (Å²) in [6, 6.07) is 0. The summed E-state index contributed by atoms with van der Waals surface area (Å²) < 4.78 is 16.1. The van der Waals surface area contributed by atoms with Crippen molar-refractivity contribution in [2.45, 2.75) is 38.3 Å². The molecule has 1 heterocycles. The summed E-state index contributed by atoms with van der Waals surface area (Å²) in [6.45, 7) is 6.92. The molecule has 1 saturated heterocycles. The van der Waals surface area contributed by atoms with Gasteiger partial charge in [0.15, 0.2) is 0 Å². The zero-order valence-corrected chi connectivity index (χ0v) is 15.5. The monoisotopic (exact) mass is 350 g/mol. The standard InChI is InChI=1S/C16H30N2O4.ClH/c1-15(2)13-12(6-5-9-22-13)16(15,17)14(19)18(7-10-20-3)8-11-21-4;/h12-13H,5-11,17H2,1-4H3;1H. The van der Waals surface area contributed by atoms with Crippen molar-refractivity contribution in [1.82, 2.24) is 4.90 Å². The summed E-state index contributed by atoms with van der Waals surface area (Å²) in [5.74, 6) is 0.106. The van der Waals surface area contributed by atoms with E-state index in [1.54, 1.807) is 19.1 Å². The average Bonchev–Trinajstić information content (AvgIpc) is 2.53. The van der Waals surface area contributed by atoms with E-state index < -0.39 is 5.54 Å². The van der Waals surface area contributed by atoms with Crippen LogP contribution < -0.4 is 5.73 Å². The van der Waals surface area contributed by atoms with Crippen LogP contribution in [0.3, 0.4) is 0 Å². The van der Waals surface area contributed by atoms with Crippen LogP contribution in [0, 0.1) is 11.3 Å². The van der Waals surface area contributed by atoms with Crippen molar-refractivity contribution in [3.8, 4) is 0 Å². The topological polar surface area (TPSA) is 74.0 Å². The SMILES string of the molecule is COCCN(CCOC)C(=O)C1(N)C2CCCOC2C1(C)C.Cl. The number of methoxy groups -OCH3 is 2. The van der Waals surface area contributed by atoms with E-state index in [-0.39, 0.29) is 35.8 Å². The Morgan fingerprint density at radius 3 is 2.35 bits per heavy atom. The maximum Gasteiger partial charge on any atom is 0.243 e. The smallest absolute Gasteiger partial charge is 0.243 e. The van der Waals surface area contributed by atoms with Crippen LogP contribution >= 0.6 is 12.4 Å². The first-order valence-electron chi connectivity index (χ1n) is 8.09. The van der Waals surface area contributed by atoms with Crippen LogP contribution in [-0.2, 0) is 19.0 Å². The van der Waals surface area contributed by atoms with E-state index >= 15 is 0 Å². The van der Waals surface area contributed by atoms with Crippen LogP contribution in [0.5, 0.6) is 0 Å². The summed E-state index contributed by atoms with van der Waals surface area (Å²) in [5.41, 5.74) is 5.46. The second kappa shape index (κ2) is 8.12. The van der Waals surface area contributed by atoms with E-state index in [4.69, 9.17) is 19.9 Å². The number of hydrogen-bond donors (Lipinski definition) is 1. The van der Waals surface area contributed by atoms with Gasteiger partial charge in [0, 0.05) is 45.2 Å². The first-order valence-corrected chi connectivity index (χ1v) is 8.09. The minimum absolute atomic E-state index is 0. The Bertz CT molecular complexity index is 400. The zero-order valence-electron chi connectivity index (χ0n) is 14.7. The molecular formula is C16H31ClN2O4. The Labute approximate surface area is 145 Å². The van der Waals surface area contributed by atoms with Crippen LogP contribution in [0.4, 0.5) is 0 Å². The molecule has 6 nitrogen and oxygen atoms in total. The van der Waals surface area contributed by atoms with E-state index in [1.807, 2.05) is 13.8 Å². The maximum absolute atomic E-state index is 13.2. The van der Waals surface area contributed by atoms with Gasteiger partial charge in [-0.05, 0) is 12.8 Å². The van der Waals surface area contributed by atoms with Gasteiger partial charge in [-0.2, -0.15) is 0 Å². The van der Waals surface area contributed by atoms with Gasteiger partial charge >= 0.3 is 0 Å². The molecule has 2 N–H and O–H groups in total. The first kappa shape index (κ1) is 20.6. The highest BCUT2D eigenvalue weighted by atomic mass is 35.5.